The fourth-order valence-corrected chi connectivity index (χ4v) is 8.73. The molecule has 3 aliphatic heterocycles. The lowest BCUT2D eigenvalue weighted by atomic mass is 9.98. The van der Waals surface area contributed by atoms with Gasteiger partial charge in [-0.25, -0.2) is 9.78 Å². The summed E-state index contributed by atoms with van der Waals surface area (Å²) in [5, 5.41) is 5.81. The third-order valence-electron chi connectivity index (χ3n) is 10.7. The van der Waals surface area contributed by atoms with Crippen LogP contribution in [0.15, 0.2) is 73.1 Å². The van der Waals surface area contributed by atoms with Crippen molar-refractivity contribution in [1.82, 2.24) is 29.7 Å². The van der Waals surface area contributed by atoms with Crippen LogP contribution >= 0.6 is 34.8 Å². The van der Waals surface area contributed by atoms with Gasteiger partial charge in [0.25, 0.3) is 5.91 Å². The summed E-state index contributed by atoms with van der Waals surface area (Å²) in [4.78, 5) is 39.6. The Morgan fingerprint density at radius 2 is 1.75 bits per heavy atom. The first-order chi connectivity index (χ1) is 25.3. The van der Waals surface area contributed by atoms with E-state index in [9.17, 15) is 9.59 Å². The van der Waals surface area contributed by atoms with Crippen molar-refractivity contribution in [3.8, 4) is 22.5 Å². The number of nitrogens with zero attached hydrogens (tertiary/aromatic N) is 4. The molecule has 5 heterocycles. The summed E-state index contributed by atoms with van der Waals surface area (Å²) >= 11 is 19.5. The molecule has 10 nitrogen and oxygen atoms in total. The SMILES string of the molecule is CC(c1ccc(Cl)cc1Cl)n1cnc(-c2ccccc2)c1-c1c(C(=O)NC2COC[C@H]2N2CCC(N3CCCOC3=O)CC2)[nH]c2cc(Cl)ccc12. The second-order valence-electron chi connectivity index (χ2n) is 13.7. The number of imidazole rings is 1. The molecule has 2 amide bonds. The summed E-state index contributed by atoms with van der Waals surface area (Å²) in [6, 6.07) is 20.7. The molecular formula is C39H39Cl3N6O4. The summed E-state index contributed by atoms with van der Waals surface area (Å²) in [5.41, 5.74) is 5.11. The van der Waals surface area contributed by atoms with Crippen LogP contribution in [0.4, 0.5) is 4.79 Å². The van der Waals surface area contributed by atoms with Crippen molar-refractivity contribution in [2.75, 3.05) is 39.5 Å². The van der Waals surface area contributed by atoms with Crippen LogP contribution in [0.3, 0.4) is 0 Å². The minimum atomic E-state index is -0.264. The van der Waals surface area contributed by atoms with Crippen molar-refractivity contribution < 1.29 is 19.1 Å². The Morgan fingerprint density at radius 3 is 2.52 bits per heavy atom. The molecule has 5 aromatic rings. The average molecular weight is 762 g/mol. The van der Waals surface area contributed by atoms with Gasteiger partial charge < -0.3 is 29.2 Å². The Kier molecular flexibility index (Phi) is 9.93. The Bertz CT molecular complexity index is 2110. The third kappa shape index (κ3) is 6.67. The highest BCUT2D eigenvalue weighted by atomic mass is 35.5. The number of carbonyl (C=O) groups excluding carboxylic acids is 2. The molecule has 13 heteroatoms. The number of amides is 2. The van der Waals surface area contributed by atoms with E-state index in [0.29, 0.717) is 46.1 Å². The van der Waals surface area contributed by atoms with Gasteiger partial charge in [-0.05, 0) is 56.0 Å². The number of carbonyl (C=O) groups is 2. The van der Waals surface area contributed by atoms with E-state index in [4.69, 9.17) is 49.3 Å². The van der Waals surface area contributed by atoms with Crippen LogP contribution in [0.1, 0.15) is 48.3 Å². The Morgan fingerprint density at radius 1 is 0.981 bits per heavy atom. The number of ether oxygens (including phenoxy) is 2. The van der Waals surface area contributed by atoms with E-state index < -0.39 is 0 Å². The minimum absolute atomic E-state index is 0.00189. The topological polar surface area (TPSA) is 105 Å². The molecule has 270 valence electrons. The number of likely N-dealkylation sites (tertiary alicyclic amines) is 1. The van der Waals surface area contributed by atoms with Gasteiger partial charge in [-0.15, -0.1) is 0 Å². The van der Waals surface area contributed by atoms with E-state index in [1.807, 2.05) is 65.6 Å². The highest BCUT2D eigenvalue weighted by Gasteiger charge is 2.39. The number of aromatic amines is 1. The summed E-state index contributed by atoms with van der Waals surface area (Å²) in [6.45, 7) is 5.80. The van der Waals surface area contributed by atoms with E-state index in [-0.39, 0.29) is 36.2 Å². The van der Waals surface area contributed by atoms with Crippen LogP contribution < -0.4 is 5.32 Å². The van der Waals surface area contributed by atoms with Crippen LogP contribution in [0.5, 0.6) is 0 Å². The van der Waals surface area contributed by atoms with Gasteiger partial charge in [0.2, 0.25) is 0 Å². The Labute approximate surface area is 316 Å². The van der Waals surface area contributed by atoms with E-state index in [1.54, 1.807) is 12.4 Å². The van der Waals surface area contributed by atoms with Crippen LogP contribution in [-0.4, -0.2) is 93.9 Å². The lowest BCUT2D eigenvalue weighted by Crippen LogP contribution is -2.56. The number of hydrogen-bond donors (Lipinski definition) is 2. The monoisotopic (exact) mass is 760 g/mol. The lowest BCUT2D eigenvalue weighted by molar-refractivity contribution is 0.0290. The van der Waals surface area contributed by atoms with Crippen molar-refractivity contribution in [2.45, 2.75) is 50.4 Å². The number of fused-ring (bicyclic) bond motifs is 1. The molecule has 2 unspecified atom stereocenters. The number of benzene rings is 3. The maximum atomic E-state index is 14.6. The zero-order chi connectivity index (χ0) is 35.9. The lowest BCUT2D eigenvalue weighted by Gasteiger charge is -2.42. The summed E-state index contributed by atoms with van der Waals surface area (Å²) in [6.07, 6.45) is 4.15. The molecule has 3 aromatic carbocycles. The molecule has 0 saturated carbocycles. The number of H-pyrrole nitrogens is 1. The number of aromatic nitrogens is 3. The molecule has 52 heavy (non-hydrogen) atoms. The molecule has 2 aromatic heterocycles. The minimum Gasteiger partial charge on any atom is -0.449 e. The van der Waals surface area contributed by atoms with E-state index in [2.05, 4.69) is 26.7 Å². The van der Waals surface area contributed by atoms with E-state index in [0.717, 1.165) is 72.3 Å². The number of piperidine rings is 1. The maximum absolute atomic E-state index is 14.6. The van der Waals surface area contributed by atoms with Gasteiger partial charge >= 0.3 is 6.09 Å². The molecule has 2 N–H and O–H groups in total. The van der Waals surface area contributed by atoms with Crippen molar-refractivity contribution in [3.63, 3.8) is 0 Å². The van der Waals surface area contributed by atoms with Gasteiger partial charge in [0.15, 0.2) is 0 Å². The number of hydrogen-bond acceptors (Lipinski definition) is 6. The zero-order valence-corrected chi connectivity index (χ0v) is 30.9. The highest BCUT2D eigenvalue weighted by Crippen LogP contribution is 2.42. The number of rotatable bonds is 8. The first-order valence-corrected chi connectivity index (χ1v) is 18.8. The standard InChI is InChI=1S/C39H39Cl3N6O4/c1-23(28-10-8-25(40)18-30(28)42)48-22-43-35(24-6-3-2-4-7-24)37(48)34-29-11-9-26(41)19-31(29)44-36(34)38(49)45-32-20-51-21-33(32)46-15-12-27(13-16-46)47-14-5-17-52-39(47)50/h2-4,6-11,18-19,22-23,27,32-33,44H,5,12-17,20-21H2,1H3,(H,45,49)/t23?,32?,33-/m1/s1. The quantitative estimate of drug-likeness (QED) is 0.166. The van der Waals surface area contributed by atoms with Gasteiger partial charge in [-0.2, -0.15) is 0 Å². The van der Waals surface area contributed by atoms with Crippen LogP contribution in [0.25, 0.3) is 33.4 Å². The first-order valence-electron chi connectivity index (χ1n) is 17.7. The van der Waals surface area contributed by atoms with Gasteiger partial charge in [-0.3, -0.25) is 9.69 Å². The van der Waals surface area contributed by atoms with Crippen molar-refractivity contribution in [2.24, 2.45) is 0 Å². The van der Waals surface area contributed by atoms with Crippen LogP contribution in [0, 0.1) is 0 Å². The van der Waals surface area contributed by atoms with Gasteiger partial charge in [-0.1, -0.05) is 77.3 Å². The predicted octanol–water partition coefficient (Wildman–Crippen LogP) is 8.07. The summed E-state index contributed by atoms with van der Waals surface area (Å²) in [7, 11) is 0. The molecule has 3 saturated heterocycles. The smallest absolute Gasteiger partial charge is 0.410 e. The largest absolute Gasteiger partial charge is 0.449 e. The molecule has 0 aliphatic carbocycles. The third-order valence-corrected chi connectivity index (χ3v) is 11.5. The van der Waals surface area contributed by atoms with Crippen molar-refractivity contribution in [1.29, 1.82) is 0 Å². The number of halogens is 3. The first kappa shape index (κ1) is 35.0. The molecule has 3 aliphatic rings. The van der Waals surface area contributed by atoms with Crippen LogP contribution in [-0.2, 0) is 9.47 Å². The van der Waals surface area contributed by atoms with E-state index >= 15 is 0 Å². The Balaban J connectivity index is 1.14. The normalized spacial score (nSPS) is 20.7. The summed E-state index contributed by atoms with van der Waals surface area (Å²) < 4.78 is 13.4. The molecule has 0 bridgehead atoms. The molecule has 0 spiro atoms. The second kappa shape index (κ2) is 14.8. The van der Waals surface area contributed by atoms with Gasteiger partial charge in [0.05, 0.1) is 55.7 Å². The molecular weight excluding hydrogens is 723 g/mol. The molecule has 3 atom stereocenters. The fraction of sp³-hybridized carbons (Fsp3) is 0.359. The second-order valence-corrected chi connectivity index (χ2v) is 15.0. The van der Waals surface area contributed by atoms with Gasteiger partial charge in [0, 0.05) is 62.8 Å². The number of nitrogens with one attached hydrogen (secondary N) is 2. The van der Waals surface area contributed by atoms with Crippen molar-refractivity contribution >= 4 is 57.7 Å². The Hall–Kier alpha value is -4.06. The predicted molar refractivity (Wildman–Crippen MR) is 203 cm³/mol. The van der Waals surface area contributed by atoms with Gasteiger partial charge in [0.1, 0.15) is 5.69 Å². The molecule has 8 rings (SSSR count). The highest BCUT2D eigenvalue weighted by molar-refractivity contribution is 6.35. The van der Waals surface area contributed by atoms with Crippen molar-refractivity contribution in [3.05, 3.63) is 99.4 Å². The van der Waals surface area contributed by atoms with Crippen LogP contribution in [0.2, 0.25) is 15.1 Å². The molecule has 3 fully saturated rings. The average Bonchev–Trinajstić information content (AvgIpc) is 3.89. The van der Waals surface area contributed by atoms with E-state index in [1.165, 1.54) is 0 Å². The maximum Gasteiger partial charge on any atom is 0.410 e. The fourth-order valence-electron chi connectivity index (χ4n) is 8.00. The number of cyclic esters (lactones) is 1. The summed E-state index contributed by atoms with van der Waals surface area (Å²) in [5.74, 6) is -0.252. The zero-order valence-electron chi connectivity index (χ0n) is 28.7. The molecule has 0 radical (unpaired) electrons.